The van der Waals surface area contributed by atoms with Crippen molar-refractivity contribution < 1.29 is 4.74 Å². The lowest BCUT2D eigenvalue weighted by molar-refractivity contribution is 0.184. The van der Waals surface area contributed by atoms with E-state index in [0.29, 0.717) is 12.2 Å². The summed E-state index contributed by atoms with van der Waals surface area (Å²) in [5, 5.41) is 9.23. The number of nitrogens with zero attached hydrogens (tertiary/aromatic N) is 3. The van der Waals surface area contributed by atoms with Crippen molar-refractivity contribution >= 4 is 5.65 Å². The van der Waals surface area contributed by atoms with Gasteiger partial charge in [-0.25, -0.2) is 4.98 Å². The van der Waals surface area contributed by atoms with E-state index in [1.54, 1.807) is 13.3 Å². The Morgan fingerprint density at radius 2 is 2.10 bits per heavy atom. The van der Waals surface area contributed by atoms with E-state index in [2.05, 4.69) is 11.1 Å². The van der Waals surface area contributed by atoms with Gasteiger partial charge in [0.2, 0.25) is 0 Å². The summed E-state index contributed by atoms with van der Waals surface area (Å²) in [7, 11) is 1.63. The number of methoxy groups -OCH3 is 1. The van der Waals surface area contributed by atoms with E-state index in [-0.39, 0.29) is 0 Å². The zero-order valence-electron chi connectivity index (χ0n) is 11.1. The molecule has 0 aliphatic rings. The summed E-state index contributed by atoms with van der Waals surface area (Å²) in [6.45, 7) is 0.448. The minimum atomic E-state index is 0.448. The number of benzene rings is 1. The highest BCUT2D eigenvalue weighted by Gasteiger charge is 2.06. The number of rotatable bonds is 3. The smallest absolute Gasteiger partial charge is 0.136 e. The van der Waals surface area contributed by atoms with Crippen LogP contribution in [0.1, 0.15) is 11.1 Å². The number of pyridine rings is 1. The lowest BCUT2D eigenvalue weighted by Gasteiger charge is -2.07. The quantitative estimate of drug-likeness (QED) is 0.729. The molecule has 4 nitrogen and oxygen atoms in total. The average molecular weight is 263 g/mol. The summed E-state index contributed by atoms with van der Waals surface area (Å²) >= 11 is 0. The molecule has 0 aliphatic heterocycles. The molecule has 2 heterocycles. The largest absolute Gasteiger partial charge is 0.380 e. The van der Waals surface area contributed by atoms with Gasteiger partial charge in [0.25, 0.3) is 0 Å². The van der Waals surface area contributed by atoms with E-state index >= 15 is 0 Å². The van der Waals surface area contributed by atoms with Gasteiger partial charge >= 0.3 is 0 Å². The number of hydrogen-bond donors (Lipinski definition) is 0. The van der Waals surface area contributed by atoms with Crippen LogP contribution in [-0.2, 0) is 11.3 Å². The SMILES string of the molecule is COCc1ccc(-c2ccc3nccn3c2)cc1C#N. The summed E-state index contributed by atoms with van der Waals surface area (Å²) < 4.78 is 7.06. The normalized spacial score (nSPS) is 10.6. The molecular formula is C16H13N3O. The first kappa shape index (κ1) is 12.4. The molecule has 4 heteroatoms. The molecule has 0 spiro atoms. The van der Waals surface area contributed by atoms with Crippen LogP contribution in [0.4, 0.5) is 0 Å². The van der Waals surface area contributed by atoms with E-state index in [1.165, 1.54) is 0 Å². The van der Waals surface area contributed by atoms with E-state index in [9.17, 15) is 5.26 Å². The number of fused-ring (bicyclic) bond motifs is 1. The van der Waals surface area contributed by atoms with Crippen LogP contribution < -0.4 is 0 Å². The third kappa shape index (κ3) is 2.15. The summed E-state index contributed by atoms with van der Waals surface area (Å²) in [5.74, 6) is 0. The molecule has 20 heavy (non-hydrogen) atoms. The number of imidazole rings is 1. The number of nitriles is 1. The first-order chi connectivity index (χ1) is 9.81. The maximum Gasteiger partial charge on any atom is 0.136 e. The van der Waals surface area contributed by atoms with Gasteiger partial charge < -0.3 is 9.14 Å². The molecule has 0 N–H and O–H groups in total. The van der Waals surface area contributed by atoms with Crippen molar-refractivity contribution in [2.24, 2.45) is 0 Å². The van der Waals surface area contributed by atoms with Gasteiger partial charge in [0.15, 0.2) is 0 Å². The van der Waals surface area contributed by atoms with Crippen LogP contribution >= 0.6 is 0 Å². The molecule has 0 saturated heterocycles. The number of ether oxygens (including phenoxy) is 1. The lowest BCUT2D eigenvalue weighted by atomic mass is 10.0. The molecule has 1 aromatic carbocycles. The minimum Gasteiger partial charge on any atom is -0.380 e. The Bertz CT molecular complexity index is 799. The molecule has 0 amide bonds. The molecular weight excluding hydrogens is 250 g/mol. The van der Waals surface area contributed by atoms with E-state index in [0.717, 1.165) is 22.3 Å². The summed E-state index contributed by atoms with van der Waals surface area (Å²) in [5.41, 5.74) is 4.52. The summed E-state index contributed by atoms with van der Waals surface area (Å²) in [6.07, 6.45) is 5.68. The number of hydrogen-bond acceptors (Lipinski definition) is 3. The second-order valence-corrected chi connectivity index (χ2v) is 4.53. The fourth-order valence-electron chi connectivity index (χ4n) is 2.23. The molecule has 3 aromatic rings. The van der Waals surface area contributed by atoms with Gasteiger partial charge in [0.05, 0.1) is 18.2 Å². The van der Waals surface area contributed by atoms with Crippen LogP contribution in [0.5, 0.6) is 0 Å². The Morgan fingerprint density at radius 1 is 1.25 bits per heavy atom. The Balaban J connectivity index is 2.07. The van der Waals surface area contributed by atoms with Crippen molar-refractivity contribution in [2.75, 3.05) is 7.11 Å². The molecule has 3 rings (SSSR count). The monoisotopic (exact) mass is 263 g/mol. The van der Waals surface area contributed by atoms with Gasteiger partial charge in [-0.2, -0.15) is 5.26 Å². The van der Waals surface area contributed by atoms with Crippen LogP contribution in [0.2, 0.25) is 0 Å². The minimum absolute atomic E-state index is 0.448. The van der Waals surface area contributed by atoms with Crippen molar-refractivity contribution in [1.82, 2.24) is 9.38 Å². The average Bonchev–Trinajstić information content (AvgIpc) is 2.95. The second-order valence-electron chi connectivity index (χ2n) is 4.53. The number of aromatic nitrogens is 2. The standard InChI is InChI=1S/C16H13N3O/c1-20-11-14-3-2-12(8-15(14)9-17)13-4-5-16-18-6-7-19(16)10-13/h2-8,10H,11H2,1H3. The van der Waals surface area contributed by atoms with Crippen molar-refractivity contribution in [3.05, 3.63) is 60.0 Å². The van der Waals surface area contributed by atoms with Crippen LogP contribution in [-0.4, -0.2) is 16.5 Å². The molecule has 0 atom stereocenters. The van der Waals surface area contributed by atoms with Crippen LogP contribution in [0.3, 0.4) is 0 Å². The summed E-state index contributed by atoms with van der Waals surface area (Å²) in [4.78, 5) is 4.22. The van der Waals surface area contributed by atoms with E-state index in [1.807, 2.05) is 47.1 Å². The molecule has 0 bridgehead atoms. The first-order valence-electron chi connectivity index (χ1n) is 6.27. The third-order valence-electron chi connectivity index (χ3n) is 3.25. The van der Waals surface area contributed by atoms with Crippen molar-refractivity contribution in [3.63, 3.8) is 0 Å². The lowest BCUT2D eigenvalue weighted by Crippen LogP contribution is -1.93. The maximum absolute atomic E-state index is 9.23. The molecule has 98 valence electrons. The Hall–Kier alpha value is -2.64. The Morgan fingerprint density at radius 3 is 2.90 bits per heavy atom. The van der Waals surface area contributed by atoms with Gasteiger partial charge in [-0.05, 0) is 34.9 Å². The van der Waals surface area contributed by atoms with Crippen LogP contribution in [0, 0.1) is 11.3 Å². The zero-order chi connectivity index (χ0) is 13.9. The second kappa shape index (κ2) is 5.16. The van der Waals surface area contributed by atoms with Crippen molar-refractivity contribution in [1.29, 1.82) is 5.26 Å². The van der Waals surface area contributed by atoms with Gasteiger partial charge in [0, 0.05) is 25.7 Å². The van der Waals surface area contributed by atoms with Gasteiger partial charge in [-0.1, -0.05) is 12.1 Å². The molecule has 2 aromatic heterocycles. The highest BCUT2D eigenvalue weighted by atomic mass is 16.5. The van der Waals surface area contributed by atoms with E-state index in [4.69, 9.17) is 4.74 Å². The van der Waals surface area contributed by atoms with Crippen molar-refractivity contribution in [2.45, 2.75) is 6.61 Å². The summed E-state index contributed by atoms with van der Waals surface area (Å²) in [6, 6.07) is 12.0. The molecule has 0 aliphatic carbocycles. The third-order valence-corrected chi connectivity index (χ3v) is 3.25. The van der Waals surface area contributed by atoms with E-state index < -0.39 is 0 Å². The van der Waals surface area contributed by atoms with Gasteiger partial charge in [-0.3, -0.25) is 0 Å². The predicted molar refractivity (Wildman–Crippen MR) is 76.1 cm³/mol. The fourth-order valence-corrected chi connectivity index (χ4v) is 2.23. The molecule has 0 saturated carbocycles. The van der Waals surface area contributed by atoms with Crippen LogP contribution in [0.25, 0.3) is 16.8 Å². The molecule has 0 radical (unpaired) electrons. The zero-order valence-corrected chi connectivity index (χ0v) is 11.1. The van der Waals surface area contributed by atoms with Gasteiger partial charge in [0.1, 0.15) is 5.65 Å². The molecule has 0 fully saturated rings. The van der Waals surface area contributed by atoms with Crippen LogP contribution in [0.15, 0.2) is 48.9 Å². The highest BCUT2D eigenvalue weighted by Crippen LogP contribution is 2.23. The maximum atomic E-state index is 9.23. The van der Waals surface area contributed by atoms with Crippen molar-refractivity contribution in [3.8, 4) is 17.2 Å². The Labute approximate surface area is 116 Å². The predicted octanol–water partition coefficient (Wildman–Crippen LogP) is 3.02. The highest BCUT2D eigenvalue weighted by molar-refractivity contribution is 5.67. The topological polar surface area (TPSA) is 50.3 Å². The Kier molecular flexibility index (Phi) is 3.20. The first-order valence-corrected chi connectivity index (χ1v) is 6.27. The van der Waals surface area contributed by atoms with Gasteiger partial charge in [-0.15, -0.1) is 0 Å². The fraction of sp³-hybridized carbons (Fsp3) is 0.125. The molecule has 0 unspecified atom stereocenters.